The number of nitrogens with two attached hydrogens (primary N) is 1. The Labute approximate surface area is 104 Å². The van der Waals surface area contributed by atoms with Crippen LogP contribution in [0.3, 0.4) is 0 Å². The second-order valence-electron chi connectivity index (χ2n) is 5.68. The lowest BCUT2D eigenvalue weighted by molar-refractivity contribution is 0.0418. The number of rotatable bonds is 3. The zero-order valence-electron chi connectivity index (χ0n) is 10.9. The van der Waals surface area contributed by atoms with Crippen LogP contribution < -0.4 is 5.73 Å². The molecular weight excluding hydrogens is 210 g/mol. The van der Waals surface area contributed by atoms with Crippen molar-refractivity contribution in [2.75, 3.05) is 13.1 Å². The summed E-state index contributed by atoms with van der Waals surface area (Å²) in [6.45, 7) is 7.66. The highest BCUT2D eigenvalue weighted by atomic mass is 15.2. The van der Waals surface area contributed by atoms with Crippen LogP contribution in [0.1, 0.15) is 32.3 Å². The first kappa shape index (κ1) is 12.5. The molecule has 0 aliphatic carbocycles. The SMILES string of the molecule is CC1(C)CC(CN)CCN1Cc1ccncc1. The molecule has 1 unspecified atom stereocenters. The first-order chi connectivity index (χ1) is 8.12. The van der Waals surface area contributed by atoms with E-state index in [1.807, 2.05) is 12.4 Å². The van der Waals surface area contributed by atoms with Gasteiger partial charge >= 0.3 is 0 Å². The van der Waals surface area contributed by atoms with Crippen LogP contribution in [-0.4, -0.2) is 28.5 Å². The van der Waals surface area contributed by atoms with E-state index in [4.69, 9.17) is 5.73 Å². The summed E-state index contributed by atoms with van der Waals surface area (Å²) in [6, 6.07) is 4.20. The molecule has 1 saturated heterocycles. The Balaban J connectivity index is 2.02. The van der Waals surface area contributed by atoms with Gasteiger partial charge in [0.05, 0.1) is 0 Å². The number of hydrogen-bond donors (Lipinski definition) is 1. The Kier molecular flexibility index (Phi) is 3.79. The van der Waals surface area contributed by atoms with Gasteiger partial charge in [-0.2, -0.15) is 0 Å². The smallest absolute Gasteiger partial charge is 0.0271 e. The van der Waals surface area contributed by atoms with Crippen LogP contribution in [0.25, 0.3) is 0 Å². The van der Waals surface area contributed by atoms with Crippen LogP contribution in [0.5, 0.6) is 0 Å². The van der Waals surface area contributed by atoms with E-state index in [1.165, 1.54) is 18.4 Å². The van der Waals surface area contributed by atoms with Crippen molar-refractivity contribution >= 4 is 0 Å². The molecule has 1 aliphatic heterocycles. The Morgan fingerprint density at radius 3 is 2.71 bits per heavy atom. The first-order valence-electron chi connectivity index (χ1n) is 6.46. The van der Waals surface area contributed by atoms with Gasteiger partial charge in [0.2, 0.25) is 0 Å². The highest BCUT2D eigenvalue weighted by Crippen LogP contribution is 2.31. The van der Waals surface area contributed by atoms with Gasteiger partial charge in [-0.25, -0.2) is 0 Å². The quantitative estimate of drug-likeness (QED) is 0.868. The summed E-state index contributed by atoms with van der Waals surface area (Å²) in [5, 5.41) is 0. The van der Waals surface area contributed by atoms with Crippen LogP contribution in [0.2, 0.25) is 0 Å². The third-order valence-electron chi connectivity index (χ3n) is 3.91. The minimum atomic E-state index is 0.256. The van der Waals surface area contributed by atoms with E-state index in [0.29, 0.717) is 5.92 Å². The number of nitrogens with zero attached hydrogens (tertiary/aromatic N) is 2. The van der Waals surface area contributed by atoms with Crippen LogP contribution in [0, 0.1) is 5.92 Å². The normalized spacial score (nSPS) is 24.8. The van der Waals surface area contributed by atoms with Crippen LogP contribution >= 0.6 is 0 Å². The number of piperidine rings is 1. The van der Waals surface area contributed by atoms with E-state index in [0.717, 1.165) is 19.6 Å². The van der Waals surface area contributed by atoms with Crippen molar-refractivity contribution in [1.29, 1.82) is 0 Å². The highest BCUT2D eigenvalue weighted by molar-refractivity contribution is 5.10. The summed E-state index contributed by atoms with van der Waals surface area (Å²) in [7, 11) is 0. The zero-order valence-corrected chi connectivity index (χ0v) is 10.9. The molecule has 0 radical (unpaired) electrons. The summed E-state index contributed by atoms with van der Waals surface area (Å²) in [6.07, 6.45) is 6.17. The maximum atomic E-state index is 5.80. The standard InChI is InChI=1S/C14H23N3/c1-14(2)9-13(10-15)5-8-17(14)11-12-3-6-16-7-4-12/h3-4,6-7,13H,5,8-11,15H2,1-2H3. The molecule has 1 aromatic heterocycles. The number of pyridine rings is 1. The van der Waals surface area contributed by atoms with Gasteiger partial charge < -0.3 is 5.73 Å². The van der Waals surface area contributed by atoms with Gasteiger partial charge in [-0.1, -0.05) is 0 Å². The fraction of sp³-hybridized carbons (Fsp3) is 0.643. The van der Waals surface area contributed by atoms with E-state index in [2.05, 4.69) is 35.9 Å². The van der Waals surface area contributed by atoms with Crippen LogP contribution in [0.15, 0.2) is 24.5 Å². The maximum absolute atomic E-state index is 5.80. The lowest BCUT2D eigenvalue weighted by Gasteiger charge is -2.45. The monoisotopic (exact) mass is 233 g/mol. The lowest BCUT2D eigenvalue weighted by Crippen LogP contribution is -2.50. The first-order valence-corrected chi connectivity index (χ1v) is 6.46. The molecule has 1 atom stereocenters. The second kappa shape index (κ2) is 5.15. The molecule has 0 saturated carbocycles. The molecule has 0 bridgehead atoms. The van der Waals surface area contributed by atoms with Crippen molar-refractivity contribution in [2.24, 2.45) is 11.7 Å². The Hall–Kier alpha value is -0.930. The molecule has 2 rings (SSSR count). The Bertz CT molecular complexity index is 348. The molecule has 17 heavy (non-hydrogen) atoms. The summed E-state index contributed by atoms with van der Waals surface area (Å²) in [5.41, 5.74) is 7.40. The molecular formula is C14H23N3. The summed E-state index contributed by atoms with van der Waals surface area (Å²) >= 11 is 0. The predicted molar refractivity (Wildman–Crippen MR) is 70.5 cm³/mol. The molecule has 2 N–H and O–H groups in total. The van der Waals surface area contributed by atoms with Gasteiger partial charge in [-0.3, -0.25) is 9.88 Å². The van der Waals surface area contributed by atoms with E-state index < -0.39 is 0 Å². The average Bonchev–Trinajstić information content (AvgIpc) is 2.33. The molecule has 3 heteroatoms. The molecule has 2 heterocycles. The third kappa shape index (κ3) is 3.05. The van der Waals surface area contributed by atoms with Gasteiger partial charge in [0.1, 0.15) is 0 Å². The minimum absolute atomic E-state index is 0.256. The fourth-order valence-corrected chi connectivity index (χ4v) is 2.78. The van der Waals surface area contributed by atoms with Gasteiger partial charge in [0, 0.05) is 24.5 Å². The Morgan fingerprint density at radius 2 is 2.12 bits per heavy atom. The van der Waals surface area contributed by atoms with Crippen LogP contribution in [0.4, 0.5) is 0 Å². The number of likely N-dealkylation sites (tertiary alicyclic amines) is 1. The molecule has 1 fully saturated rings. The van der Waals surface area contributed by atoms with Crippen molar-refractivity contribution < 1.29 is 0 Å². The summed E-state index contributed by atoms with van der Waals surface area (Å²) < 4.78 is 0. The van der Waals surface area contributed by atoms with Gasteiger partial charge in [-0.05, 0) is 63.4 Å². The zero-order chi connectivity index (χ0) is 12.3. The van der Waals surface area contributed by atoms with E-state index in [1.54, 1.807) is 0 Å². The predicted octanol–water partition coefficient (Wildman–Crippen LogP) is 2.03. The van der Waals surface area contributed by atoms with Gasteiger partial charge in [-0.15, -0.1) is 0 Å². The van der Waals surface area contributed by atoms with E-state index >= 15 is 0 Å². The fourth-order valence-electron chi connectivity index (χ4n) is 2.78. The van der Waals surface area contributed by atoms with Crippen LogP contribution in [-0.2, 0) is 6.54 Å². The topological polar surface area (TPSA) is 42.1 Å². The van der Waals surface area contributed by atoms with E-state index in [9.17, 15) is 0 Å². The summed E-state index contributed by atoms with van der Waals surface area (Å²) in [5.74, 6) is 0.693. The largest absolute Gasteiger partial charge is 0.330 e. The highest BCUT2D eigenvalue weighted by Gasteiger charge is 2.33. The van der Waals surface area contributed by atoms with Gasteiger partial charge in [0.25, 0.3) is 0 Å². The summed E-state index contributed by atoms with van der Waals surface area (Å²) in [4.78, 5) is 6.63. The molecule has 0 amide bonds. The molecule has 1 aromatic rings. The minimum Gasteiger partial charge on any atom is -0.330 e. The molecule has 0 aromatic carbocycles. The van der Waals surface area contributed by atoms with E-state index in [-0.39, 0.29) is 5.54 Å². The second-order valence-corrected chi connectivity index (χ2v) is 5.68. The molecule has 1 aliphatic rings. The van der Waals surface area contributed by atoms with Crippen molar-refractivity contribution in [2.45, 2.75) is 38.8 Å². The van der Waals surface area contributed by atoms with Crippen molar-refractivity contribution in [3.63, 3.8) is 0 Å². The lowest BCUT2D eigenvalue weighted by atomic mass is 9.82. The number of aromatic nitrogens is 1. The van der Waals surface area contributed by atoms with Crippen molar-refractivity contribution in [3.05, 3.63) is 30.1 Å². The van der Waals surface area contributed by atoms with Gasteiger partial charge in [0.15, 0.2) is 0 Å². The van der Waals surface area contributed by atoms with Crippen molar-refractivity contribution in [1.82, 2.24) is 9.88 Å². The molecule has 0 spiro atoms. The number of hydrogen-bond acceptors (Lipinski definition) is 3. The average molecular weight is 233 g/mol. The van der Waals surface area contributed by atoms with Crippen molar-refractivity contribution in [3.8, 4) is 0 Å². The third-order valence-corrected chi connectivity index (χ3v) is 3.91. The Morgan fingerprint density at radius 1 is 1.41 bits per heavy atom. The molecule has 3 nitrogen and oxygen atoms in total. The molecule has 94 valence electrons. The maximum Gasteiger partial charge on any atom is 0.0271 e.